The number of rotatable bonds is 9. The summed E-state index contributed by atoms with van der Waals surface area (Å²) in [5, 5.41) is 0. The molecule has 178 valence electrons. The topological polar surface area (TPSA) is 18.5 Å². The zero-order valence-electron chi connectivity index (χ0n) is 19.7. The van der Waals surface area contributed by atoms with Crippen molar-refractivity contribution in [3.63, 3.8) is 0 Å². The van der Waals surface area contributed by atoms with Crippen LogP contribution in [-0.4, -0.2) is 6.61 Å². The maximum Gasteiger partial charge on any atom is 0.204 e. The Bertz CT molecular complexity index is 924. The molecule has 0 radical (unpaired) electrons. The van der Waals surface area contributed by atoms with Crippen LogP contribution in [0.4, 0.5) is 8.78 Å². The number of ether oxygens (including phenoxy) is 2. The summed E-state index contributed by atoms with van der Waals surface area (Å²) in [6, 6.07) is 11.3. The zero-order valence-corrected chi connectivity index (χ0v) is 19.7. The molecule has 2 aromatic rings. The molecule has 4 heteroatoms. The van der Waals surface area contributed by atoms with Gasteiger partial charge in [0.2, 0.25) is 11.6 Å². The average molecular weight is 455 g/mol. The van der Waals surface area contributed by atoms with E-state index in [4.69, 9.17) is 9.47 Å². The van der Waals surface area contributed by atoms with Crippen LogP contribution in [0.5, 0.6) is 11.5 Å². The smallest absolute Gasteiger partial charge is 0.204 e. The maximum absolute atomic E-state index is 14.2. The zero-order chi connectivity index (χ0) is 23.2. The minimum atomic E-state index is -1.01. The van der Waals surface area contributed by atoms with Gasteiger partial charge in [-0.3, -0.25) is 0 Å². The van der Waals surface area contributed by atoms with Gasteiger partial charge < -0.3 is 9.47 Å². The summed E-state index contributed by atoms with van der Waals surface area (Å²) in [6.07, 6.45) is 12.6. The molecule has 2 aromatic carbocycles. The highest BCUT2D eigenvalue weighted by Gasteiger charge is 2.35. The van der Waals surface area contributed by atoms with Gasteiger partial charge in [0.15, 0.2) is 11.5 Å². The molecule has 0 bridgehead atoms. The van der Waals surface area contributed by atoms with Gasteiger partial charge in [-0.05, 0) is 98.8 Å². The highest BCUT2D eigenvalue weighted by Crippen LogP contribution is 2.48. The molecule has 4 unspecified atom stereocenters. The van der Waals surface area contributed by atoms with Gasteiger partial charge in [0, 0.05) is 0 Å². The van der Waals surface area contributed by atoms with Crippen LogP contribution in [0.2, 0.25) is 0 Å². The monoisotopic (exact) mass is 454 g/mol. The molecular weight excluding hydrogens is 418 g/mol. The van der Waals surface area contributed by atoms with E-state index in [2.05, 4.69) is 36.9 Å². The normalized spacial score (nSPS) is 24.7. The predicted octanol–water partition coefficient (Wildman–Crippen LogP) is 8.21. The van der Waals surface area contributed by atoms with Crippen molar-refractivity contribution >= 4 is 0 Å². The lowest BCUT2D eigenvalue weighted by molar-refractivity contribution is 0.115. The first kappa shape index (κ1) is 23.8. The fourth-order valence-electron chi connectivity index (χ4n) is 5.84. The number of halogens is 2. The van der Waals surface area contributed by atoms with Gasteiger partial charge in [-0.2, -0.15) is 8.78 Å². The van der Waals surface area contributed by atoms with Crippen molar-refractivity contribution in [1.29, 1.82) is 0 Å². The minimum absolute atomic E-state index is 0.0910. The Labute approximate surface area is 197 Å². The summed E-state index contributed by atoms with van der Waals surface area (Å²) >= 11 is 0. The third-order valence-electron chi connectivity index (χ3n) is 7.66. The van der Waals surface area contributed by atoms with Crippen LogP contribution in [0.3, 0.4) is 0 Å². The van der Waals surface area contributed by atoms with Crippen LogP contribution in [0.25, 0.3) is 0 Å². The van der Waals surface area contributed by atoms with Crippen LogP contribution in [0.15, 0.2) is 49.1 Å². The molecule has 4 rings (SSSR count). The lowest BCUT2D eigenvalue weighted by Crippen LogP contribution is -2.30. The molecule has 0 saturated heterocycles. The van der Waals surface area contributed by atoms with Gasteiger partial charge in [0.25, 0.3) is 0 Å². The van der Waals surface area contributed by atoms with Crippen LogP contribution >= 0.6 is 0 Å². The first-order chi connectivity index (χ1) is 16.1. The standard InChI is InChI=1S/C29H36F2O2/c1-3-5-6-20-7-12-25-18-24(14-13-23(25)17-20)22-10-8-21(9-11-22)19-33-27-16-15-26(32-4-2)28(30)29(27)31/h3,8-11,15-16,20,23-25H,1,4-7,12-14,17-19H2,2H3. The quantitative estimate of drug-likeness (QED) is 0.355. The number of fused-ring (bicyclic) bond motifs is 1. The molecule has 2 saturated carbocycles. The molecule has 0 aliphatic heterocycles. The van der Waals surface area contributed by atoms with Crippen molar-refractivity contribution in [2.45, 2.75) is 70.8 Å². The summed E-state index contributed by atoms with van der Waals surface area (Å²) in [4.78, 5) is 0. The third kappa shape index (κ3) is 5.77. The first-order valence-corrected chi connectivity index (χ1v) is 12.5. The molecule has 2 aliphatic rings. The van der Waals surface area contributed by atoms with E-state index in [0.717, 1.165) is 29.7 Å². The second-order valence-corrected chi connectivity index (χ2v) is 9.73. The van der Waals surface area contributed by atoms with E-state index in [0.29, 0.717) is 5.92 Å². The maximum atomic E-state index is 14.2. The van der Waals surface area contributed by atoms with E-state index in [9.17, 15) is 8.78 Å². The SMILES string of the molecule is C=CCCC1CCC2CC(c3ccc(COc4ccc(OCC)c(F)c4F)cc3)CCC2C1. The highest BCUT2D eigenvalue weighted by molar-refractivity contribution is 5.35. The van der Waals surface area contributed by atoms with Crippen molar-refractivity contribution in [3.05, 3.63) is 71.8 Å². The minimum Gasteiger partial charge on any atom is -0.491 e. The van der Waals surface area contributed by atoms with Gasteiger partial charge >= 0.3 is 0 Å². The van der Waals surface area contributed by atoms with E-state index in [-0.39, 0.29) is 24.7 Å². The summed E-state index contributed by atoms with van der Waals surface area (Å²) in [7, 11) is 0. The molecule has 4 atom stereocenters. The largest absolute Gasteiger partial charge is 0.491 e. The lowest BCUT2D eigenvalue weighted by Gasteiger charge is -2.42. The van der Waals surface area contributed by atoms with E-state index in [1.165, 1.54) is 62.6 Å². The summed E-state index contributed by atoms with van der Waals surface area (Å²) in [5.41, 5.74) is 2.34. The highest BCUT2D eigenvalue weighted by atomic mass is 19.2. The van der Waals surface area contributed by atoms with Crippen molar-refractivity contribution in [2.24, 2.45) is 17.8 Å². The van der Waals surface area contributed by atoms with Crippen molar-refractivity contribution in [2.75, 3.05) is 6.61 Å². The number of allylic oxidation sites excluding steroid dienone is 1. The Hall–Kier alpha value is -2.36. The molecule has 2 fully saturated rings. The second kappa shape index (κ2) is 11.2. The Morgan fingerprint density at radius 1 is 0.879 bits per heavy atom. The van der Waals surface area contributed by atoms with Crippen LogP contribution in [0.1, 0.15) is 75.3 Å². The van der Waals surface area contributed by atoms with Crippen LogP contribution in [-0.2, 0) is 6.61 Å². The number of benzene rings is 2. The van der Waals surface area contributed by atoms with Crippen molar-refractivity contribution < 1.29 is 18.3 Å². The summed E-state index contributed by atoms with van der Waals surface area (Å²) < 4.78 is 38.9. The van der Waals surface area contributed by atoms with E-state index >= 15 is 0 Å². The van der Waals surface area contributed by atoms with E-state index in [1.807, 2.05) is 0 Å². The molecule has 0 amide bonds. The van der Waals surface area contributed by atoms with Gasteiger partial charge in [-0.25, -0.2) is 0 Å². The Morgan fingerprint density at radius 3 is 2.24 bits per heavy atom. The Morgan fingerprint density at radius 2 is 1.55 bits per heavy atom. The molecular formula is C29H36F2O2. The van der Waals surface area contributed by atoms with Gasteiger partial charge in [-0.1, -0.05) is 36.8 Å². The fraction of sp³-hybridized carbons (Fsp3) is 0.517. The van der Waals surface area contributed by atoms with Crippen molar-refractivity contribution in [1.82, 2.24) is 0 Å². The summed E-state index contributed by atoms with van der Waals surface area (Å²) in [5.74, 6) is 1.10. The molecule has 2 nitrogen and oxygen atoms in total. The molecule has 33 heavy (non-hydrogen) atoms. The average Bonchev–Trinajstić information content (AvgIpc) is 2.85. The van der Waals surface area contributed by atoms with Crippen molar-refractivity contribution in [3.8, 4) is 11.5 Å². The second-order valence-electron chi connectivity index (χ2n) is 9.73. The molecule has 0 aromatic heterocycles. The lowest BCUT2D eigenvalue weighted by atomic mass is 9.63. The van der Waals surface area contributed by atoms with Gasteiger partial charge in [-0.15, -0.1) is 6.58 Å². The number of hydrogen-bond acceptors (Lipinski definition) is 2. The van der Waals surface area contributed by atoms with Crippen LogP contribution in [0, 0.1) is 29.4 Å². The molecule has 0 spiro atoms. The third-order valence-corrected chi connectivity index (χ3v) is 7.66. The molecule has 0 N–H and O–H groups in total. The molecule has 2 aliphatic carbocycles. The van der Waals surface area contributed by atoms with Gasteiger partial charge in [0.05, 0.1) is 6.61 Å². The Kier molecular flexibility index (Phi) is 8.06. The number of hydrogen-bond donors (Lipinski definition) is 0. The predicted molar refractivity (Wildman–Crippen MR) is 129 cm³/mol. The van der Waals surface area contributed by atoms with Gasteiger partial charge in [0.1, 0.15) is 6.61 Å². The fourth-order valence-corrected chi connectivity index (χ4v) is 5.84. The summed E-state index contributed by atoms with van der Waals surface area (Å²) in [6.45, 7) is 6.08. The molecule has 0 heterocycles. The van der Waals surface area contributed by atoms with E-state index < -0.39 is 11.6 Å². The van der Waals surface area contributed by atoms with Crippen LogP contribution < -0.4 is 9.47 Å². The first-order valence-electron chi connectivity index (χ1n) is 12.5. The van der Waals surface area contributed by atoms with E-state index in [1.54, 1.807) is 6.92 Å². The Balaban J connectivity index is 1.30.